The number of nitrogens with zero attached hydrogens (tertiary/aromatic N) is 5. The number of benzene rings is 3. The van der Waals surface area contributed by atoms with Crippen LogP contribution >= 0.6 is 0 Å². The van der Waals surface area contributed by atoms with Crippen LogP contribution in [-0.4, -0.2) is 43.6 Å². The maximum atomic E-state index is 12.9. The van der Waals surface area contributed by atoms with Gasteiger partial charge in [-0.15, -0.1) is 0 Å². The fraction of sp³-hybridized carbons (Fsp3) is 0.174. The van der Waals surface area contributed by atoms with Crippen LogP contribution in [0.25, 0.3) is 11.0 Å². The van der Waals surface area contributed by atoms with Gasteiger partial charge < -0.3 is 4.74 Å². The lowest BCUT2D eigenvalue weighted by Crippen LogP contribution is -2.42. The number of nitro groups is 1. The monoisotopic (exact) mass is 429 g/mol. The van der Waals surface area contributed by atoms with Gasteiger partial charge >= 0.3 is 6.09 Å². The molecule has 9 nitrogen and oxygen atoms in total. The second kappa shape index (κ2) is 8.10. The zero-order valence-corrected chi connectivity index (χ0v) is 16.9. The normalized spacial score (nSPS) is 16.8. The number of ether oxygens (including phenoxy) is 1. The van der Waals surface area contributed by atoms with Crippen molar-refractivity contribution in [2.45, 2.75) is 18.6 Å². The minimum Gasteiger partial charge on any atom is -0.447 e. The van der Waals surface area contributed by atoms with Gasteiger partial charge in [0.05, 0.1) is 11.0 Å². The molecule has 9 heteroatoms. The lowest BCUT2D eigenvalue weighted by atomic mass is 10.0. The predicted octanol–water partition coefficient (Wildman–Crippen LogP) is 3.95. The molecule has 1 fully saturated rings. The molecule has 0 bridgehead atoms. The van der Waals surface area contributed by atoms with E-state index in [-0.39, 0.29) is 18.3 Å². The van der Waals surface area contributed by atoms with E-state index in [0.29, 0.717) is 23.0 Å². The number of carbonyl (C=O) groups excluding carboxylic acids is 1. The van der Waals surface area contributed by atoms with E-state index in [0.717, 1.165) is 5.56 Å². The summed E-state index contributed by atoms with van der Waals surface area (Å²) in [5.74, 6) is 0. The predicted molar refractivity (Wildman–Crippen MR) is 116 cm³/mol. The second-order valence-corrected chi connectivity index (χ2v) is 7.56. The second-order valence-electron chi connectivity index (χ2n) is 7.56. The van der Waals surface area contributed by atoms with Gasteiger partial charge in [0.15, 0.2) is 6.17 Å². The Morgan fingerprint density at radius 2 is 1.59 bits per heavy atom. The number of rotatable bonds is 6. The Morgan fingerprint density at radius 3 is 2.22 bits per heavy atom. The van der Waals surface area contributed by atoms with Crippen molar-refractivity contribution in [1.29, 1.82) is 0 Å². The summed E-state index contributed by atoms with van der Waals surface area (Å²) in [5.41, 5.74) is 3.06. The molecule has 160 valence electrons. The maximum absolute atomic E-state index is 12.9. The van der Waals surface area contributed by atoms with Crippen LogP contribution in [0.4, 0.5) is 10.5 Å². The lowest BCUT2D eigenvalue weighted by molar-refractivity contribution is -0.384. The van der Waals surface area contributed by atoms with E-state index in [4.69, 9.17) is 4.74 Å². The van der Waals surface area contributed by atoms with Gasteiger partial charge in [0.1, 0.15) is 17.6 Å². The molecular weight excluding hydrogens is 410 g/mol. The molecule has 0 spiro atoms. The van der Waals surface area contributed by atoms with Crippen LogP contribution in [-0.2, 0) is 11.2 Å². The number of cyclic esters (lactones) is 1. The maximum Gasteiger partial charge on any atom is 0.412 e. The molecule has 0 saturated carbocycles. The van der Waals surface area contributed by atoms with Crippen molar-refractivity contribution in [3.63, 3.8) is 0 Å². The molecule has 1 aromatic heterocycles. The number of amides is 1. The molecule has 1 amide bonds. The van der Waals surface area contributed by atoms with Gasteiger partial charge in [-0.3, -0.25) is 15.0 Å². The highest BCUT2D eigenvalue weighted by molar-refractivity contribution is 5.73. The molecule has 4 aromatic rings. The topological polar surface area (TPSA) is 103 Å². The number of hydrogen-bond donors (Lipinski definition) is 0. The summed E-state index contributed by atoms with van der Waals surface area (Å²) >= 11 is 0. The Balaban J connectivity index is 1.59. The van der Waals surface area contributed by atoms with Crippen LogP contribution in [0.15, 0.2) is 78.9 Å². The smallest absolute Gasteiger partial charge is 0.412 e. The first kappa shape index (κ1) is 19.7. The van der Waals surface area contributed by atoms with Crippen LogP contribution in [0, 0.1) is 10.1 Å². The van der Waals surface area contributed by atoms with Crippen LogP contribution in [0.3, 0.4) is 0 Å². The Morgan fingerprint density at radius 1 is 0.969 bits per heavy atom. The van der Waals surface area contributed by atoms with Crippen molar-refractivity contribution in [2.24, 2.45) is 0 Å². The number of fused-ring (bicyclic) bond motifs is 1. The summed E-state index contributed by atoms with van der Waals surface area (Å²) in [6.45, 7) is 0.234. The molecule has 0 radical (unpaired) electrons. The SMILES string of the molecule is O=C1OC[C@H](Cc2ccccc2)N1C(c1ccc([N+](=O)[O-])cc1)n1nc2ccccc2n1. The van der Waals surface area contributed by atoms with Crippen molar-refractivity contribution >= 4 is 22.8 Å². The fourth-order valence-corrected chi connectivity index (χ4v) is 3.97. The Kier molecular flexibility index (Phi) is 4.98. The summed E-state index contributed by atoms with van der Waals surface area (Å²) in [4.78, 5) is 26.6. The molecule has 3 aromatic carbocycles. The average molecular weight is 429 g/mol. The van der Waals surface area contributed by atoms with E-state index >= 15 is 0 Å². The van der Waals surface area contributed by atoms with Gasteiger partial charge in [-0.05, 0) is 41.8 Å². The molecule has 1 aliphatic heterocycles. The molecule has 5 rings (SSSR count). The van der Waals surface area contributed by atoms with E-state index in [9.17, 15) is 14.9 Å². The molecule has 2 heterocycles. The third kappa shape index (κ3) is 3.64. The highest BCUT2D eigenvalue weighted by Crippen LogP contribution is 2.31. The van der Waals surface area contributed by atoms with Gasteiger partial charge in [0.2, 0.25) is 0 Å². The minimum atomic E-state index is -0.716. The molecule has 0 aliphatic carbocycles. The largest absolute Gasteiger partial charge is 0.447 e. The van der Waals surface area contributed by atoms with Crippen LogP contribution < -0.4 is 0 Å². The zero-order chi connectivity index (χ0) is 22.1. The Labute approximate surface area is 183 Å². The van der Waals surface area contributed by atoms with E-state index in [2.05, 4.69) is 10.2 Å². The van der Waals surface area contributed by atoms with Crippen LogP contribution in [0.2, 0.25) is 0 Å². The number of carbonyl (C=O) groups is 1. The third-order valence-corrected chi connectivity index (χ3v) is 5.50. The highest BCUT2D eigenvalue weighted by Gasteiger charge is 2.41. The van der Waals surface area contributed by atoms with Gasteiger partial charge in [-0.1, -0.05) is 42.5 Å². The molecule has 1 unspecified atom stereocenters. The number of aromatic nitrogens is 3. The standard InChI is InChI=1S/C23H19N5O4/c29-23-26(19(15-32-23)14-16-6-2-1-3-7-16)22(17-10-12-18(13-11-17)28(30)31)27-24-20-8-4-5-9-21(20)25-27/h1-13,19,22H,14-15H2/t19-,22?/m0/s1. The number of hydrogen-bond acceptors (Lipinski definition) is 6. The van der Waals surface area contributed by atoms with Crippen LogP contribution in [0.1, 0.15) is 17.3 Å². The van der Waals surface area contributed by atoms with Crippen molar-refractivity contribution in [1.82, 2.24) is 19.9 Å². The lowest BCUT2D eigenvalue weighted by Gasteiger charge is -2.30. The molecule has 1 saturated heterocycles. The van der Waals surface area contributed by atoms with Gasteiger partial charge in [-0.2, -0.15) is 15.0 Å². The first-order valence-electron chi connectivity index (χ1n) is 10.1. The quantitative estimate of drug-likeness (QED) is 0.340. The third-order valence-electron chi connectivity index (χ3n) is 5.50. The summed E-state index contributed by atoms with van der Waals surface area (Å²) < 4.78 is 5.42. The van der Waals surface area contributed by atoms with E-state index in [1.54, 1.807) is 17.0 Å². The molecule has 1 aliphatic rings. The fourth-order valence-electron chi connectivity index (χ4n) is 3.97. The van der Waals surface area contributed by atoms with Gasteiger partial charge in [-0.25, -0.2) is 4.79 Å². The van der Waals surface area contributed by atoms with Crippen LogP contribution in [0.5, 0.6) is 0 Å². The first-order valence-corrected chi connectivity index (χ1v) is 10.1. The molecule has 0 N–H and O–H groups in total. The summed E-state index contributed by atoms with van der Waals surface area (Å²) in [5, 5.41) is 20.3. The number of nitro benzene ring substituents is 1. The Hall–Kier alpha value is -4.27. The average Bonchev–Trinajstić information content (AvgIpc) is 3.39. The summed E-state index contributed by atoms with van der Waals surface area (Å²) in [7, 11) is 0. The van der Waals surface area contributed by atoms with E-state index < -0.39 is 17.2 Å². The van der Waals surface area contributed by atoms with Crippen molar-refractivity contribution in [3.8, 4) is 0 Å². The van der Waals surface area contributed by atoms with Crippen molar-refractivity contribution in [3.05, 3.63) is 100 Å². The summed E-state index contributed by atoms with van der Waals surface area (Å²) in [6, 6.07) is 23.1. The molecule has 32 heavy (non-hydrogen) atoms. The zero-order valence-electron chi connectivity index (χ0n) is 16.9. The van der Waals surface area contributed by atoms with Crippen molar-refractivity contribution in [2.75, 3.05) is 6.61 Å². The van der Waals surface area contributed by atoms with Gasteiger partial charge in [0, 0.05) is 12.1 Å². The van der Waals surface area contributed by atoms with Crippen molar-refractivity contribution < 1.29 is 14.5 Å². The van der Waals surface area contributed by atoms with E-state index in [1.807, 2.05) is 54.6 Å². The molecule has 2 atom stereocenters. The molecular formula is C23H19N5O4. The summed E-state index contributed by atoms with van der Waals surface area (Å²) in [6.07, 6.45) is -0.598. The van der Waals surface area contributed by atoms with E-state index in [1.165, 1.54) is 16.9 Å². The Bertz CT molecular complexity index is 1240. The first-order chi connectivity index (χ1) is 15.6. The highest BCUT2D eigenvalue weighted by atomic mass is 16.6. The number of non-ortho nitro benzene ring substituents is 1. The van der Waals surface area contributed by atoms with Gasteiger partial charge in [0.25, 0.3) is 5.69 Å². The minimum absolute atomic E-state index is 0.0316.